The lowest BCUT2D eigenvalue weighted by Crippen LogP contribution is -2.29. The Bertz CT molecular complexity index is 371. The average molecular weight is 331 g/mol. The van der Waals surface area contributed by atoms with Crippen LogP contribution in [0.25, 0.3) is 0 Å². The Hall–Kier alpha value is -0.950. The summed E-state index contributed by atoms with van der Waals surface area (Å²) in [6.45, 7) is 1.98. The van der Waals surface area contributed by atoms with Gasteiger partial charge in [0.15, 0.2) is 0 Å². The zero-order valence-corrected chi connectivity index (χ0v) is 12.3. The molecule has 1 amide bonds. The minimum atomic E-state index is -0.0707. The van der Waals surface area contributed by atoms with Gasteiger partial charge in [-0.05, 0) is 37.2 Å². The number of anilines is 1. The summed E-state index contributed by atoms with van der Waals surface area (Å²) in [5, 5.41) is 14.3. The van der Waals surface area contributed by atoms with Crippen LogP contribution in [-0.4, -0.2) is 43.9 Å². The highest BCUT2D eigenvalue weighted by molar-refractivity contribution is 9.10. The fourth-order valence-electron chi connectivity index (χ4n) is 1.41. The molecule has 0 unspecified atom stereocenters. The Morgan fingerprint density at radius 1 is 1.26 bits per heavy atom. The number of carbonyl (C=O) groups is 1. The molecule has 0 aliphatic carbocycles. The van der Waals surface area contributed by atoms with Crippen LogP contribution in [0.15, 0.2) is 28.7 Å². The van der Waals surface area contributed by atoms with Crippen molar-refractivity contribution in [3.05, 3.63) is 28.7 Å². The van der Waals surface area contributed by atoms with Gasteiger partial charge in [-0.2, -0.15) is 0 Å². The van der Waals surface area contributed by atoms with Crippen LogP contribution in [0.1, 0.15) is 6.42 Å². The lowest BCUT2D eigenvalue weighted by Gasteiger charge is -2.07. The Morgan fingerprint density at radius 2 is 2.00 bits per heavy atom. The van der Waals surface area contributed by atoms with Crippen LogP contribution in [-0.2, 0) is 9.53 Å². The predicted octanol–water partition coefficient (Wildman–Crippen LogP) is 1.38. The third-order valence-corrected chi connectivity index (χ3v) is 2.82. The number of benzene rings is 1. The summed E-state index contributed by atoms with van der Waals surface area (Å²) in [4.78, 5) is 11.6. The lowest BCUT2D eigenvalue weighted by atomic mass is 10.3. The molecule has 6 heteroatoms. The molecule has 0 saturated carbocycles. The van der Waals surface area contributed by atoms with Crippen molar-refractivity contribution in [2.75, 3.05) is 38.2 Å². The highest BCUT2D eigenvalue weighted by Gasteiger charge is 2.01. The third kappa shape index (κ3) is 7.94. The van der Waals surface area contributed by atoms with E-state index in [1.54, 1.807) is 0 Å². The molecule has 1 aromatic carbocycles. The number of halogens is 1. The van der Waals surface area contributed by atoms with Gasteiger partial charge in [-0.25, -0.2) is 0 Å². The molecule has 0 aliphatic heterocycles. The molecule has 0 aromatic heterocycles. The topological polar surface area (TPSA) is 70.6 Å². The van der Waals surface area contributed by atoms with E-state index in [2.05, 4.69) is 26.6 Å². The number of ether oxygens (including phenoxy) is 1. The third-order valence-electron chi connectivity index (χ3n) is 2.29. The first-order valence-corrected chi connectivity index (χ1v) is 6.96. The molecule has 0 heterocycles. The van der Waals surface area contributed by atoms with Crippen molar-refractivity contribution in [2.24, 2.45) is 0 Å². The number of aliphatic hydroxyl groups is 1. The molecule has 19 heavy (non-hydrogen) atoms. The highest BCUT2D eigenvalue weighted by atomic mass is 79.9. The lowest BCUT2D eigenvalue weighted by molar-refractivity contribution is -0.115. The van der Waals surface area contributed by atoms with Crippen molar-refractivity contribution in [1.29, 1.82) is 0 Å². The van der Waals surface area contributed by atoms with Crippen LogP contribution in [0.3, 0.4) is 0 Å². The van der Waals surface area contributed by atoms with Crippen LogP contribution in [0, 0.1) is 0 Å². The van der Waals surface area contributed by atoms with Crippen LogP contribution in [0.5, 0.6) is 0 Å². The van der Waals surface area contributed by atoms with E-state index in [1.165, 1.54) is 0 Å². The minimum absolute atomic E-state index is 0.0447. The van der Waals surface area contributed by atoms with E-state index >= 15 is 0 Å². The standard InChI is InChI=1S/C13H19BrN2O3/c14-11-2-4-12(5-3-11)16-13(18)10-15-6-1-8-19-9-7-17/h2-5,15,17H,1,6-10H2,(H,16,18). The van der Waals surface area contributed by atoms with Crippen molar-refractivity contribution < 1.29 is 14.6 Å². The SMILES string of the molecule is O=C(CNCCCOCCO)Nc1ccc(Br)cc1. The Morgan fingerprint density at radius 3 is 2.68 bits per heavy atom. The maximum Gasteiger partial charge on any atom is 0.238 e. The molecule has 0 bridgehead atoms. The van der Waals surface area contributed by atoms with Gasteiger partial charge in [-0.1, -0.05) is 15.9 Å². The van der Waals surface area contributed by atoms with Crippen molar-refractivity contribution in [3.8, 4) is 0 Å². The predicted molar refractivity (Wildman–Crippen MR) is 78.2 cm³/mol. The van der Waals surface area contributed by atoms with Crippen molar-refractivity contribution in [1.82, 2.24) is 5.32 Å². The van der Waals surface area contributed by atoms with E-state index in [9.17, 15) is 4.79 Å². The Kier molecular flexibility index (Phi) is 8.40. The maximum atomic E-state index is 11.6. The summed E-state index contributed by atoms with van der Waals surface area (Å²) in [5.74, 6) is -0.0707. The molecule has 106 valence electrons. The maximum absolute atomic E-state index is 11.6. The van der Waals surface area contributed by atoms with Crippen molar-refractivity contribution in [3.63, 3.8) is 0 Å². The molecule has 1 aromatic rings. The first-order valence-electron chi connectivity index (χ1n) is 6.17. The van der Waals surface area contributed by atoms with E-state index in [-0.39, 0.29) is 19.1 Å². The smallest absolute Gasteiger partial charge is 0.238 e. The van der Waals surface area contributed by atoms with Crippen molar-refractivity contribution in [2.45, 2.75) is 6.42 Å². The fraction of sp³-hybridized carbons (Fsp3) is 0.462. The zero-order valence-electron chi connectivity index (χ0n) is 10.7. The van der Waals surface area contributed by atoms with Crippen LogP contribution in [0.2, 0.25) is 0 Å². The molecule has 1 rings (SSSR count). The fourth-order valence-corrected chi connectivity index (χ4v) is 1.67. The summed E-state index contributed by atoms with van der Waals surface area (Å²) >= 11 is 3.34. The molecular weight excluding hydrogens is 312 g/mol. The molecular formula is C13H19BrN2O3. The van der Waals surface area contributed by atoms with Gasteiger partial charge in [0.1, 0.15) is 0 Å². The number of aliphatic hydroxyl groups excluding tert-OH is 1. The first-order chi connectivity index (χ1) is 9.22. The molecule has 0 spiro atoms. The highest BCUT2D eigenvalue weighted by Crippen LogP contribution is 2.13. The van der Waals surface area contributed by atoms with Gasteiger partial charge in [0.2, 0.25) is 5.91 Å². The van der Waals surface area contributed by atoms with Gasteiger partial charge in [-0.15, -0.1) is 0 Å². The summed E-state index contributed by atoms with van der Waals surface area (Å²) in [6, 6.07) is 7.43. The Balaban J connectivity index is 2.06. The van der Waals surface area contributed by atoms with Gasteiger partial charge in [0.05, 0.1) is 19.8 Å². The second-order valence-corrected chi connectivity index (χ2v) is 4.84. The number of nitrogens with one attached hydrogen (secondary N) is 2. The van der Waals surface area contributed by atoms with Crippen LogP contribution in [0.4, 0.5) is 5.69 Å². The summed E-state index contributed by atoms with van der Waals surface area (Å²) < 4.78 is 6.08. The average Bonchev–Trinajstić information content (AvgIpc) is 2.40. The number of amides is 1. The number of hydrogen-bond donors (Lipinski definition) is 3. The number of rotatable bonds is 9. The Labute approximate surface area is 121 Å². The van der Waals surface area contributed by atoms with E-state index in [0.717, 1.165) is 16.6 Å². The molecule has 0 aliphatic rings. The molecule has 0 atom stereocenters. The van der Waals surface area contributed by atoms with E-state index < -0.39 is 0 Å². The summed E-state index contributed by atoms with van der Waals surface area (Å²) in [5.41, 5.74) is 0.779. The van der Waals surface area contributed by atoms with Crippen LogP contribution >= 0.6 is 15.9 Å². The summed E-state index contributed by atoms with van der Waals surface area (Å²) in [7, 11) is 0. The molecule has 0 radical (unpaired) electrons. The second kappa shape index (κ2) is 9.91. The van der Waals surface area contributed by atoms with Gasteiger partial charge >= 0.3 is 0 Å². The van der Waals surface area contributed by atoms with Crippen LogP contribution < -0.4 is 10.6 Å². The number of hydrogen-bond acceptors (Lipinski definition) is 4. The van der Waals surface area contributed by atoms with Gasteiger partial charge in [0.25, 0.3) is 0 Å². The molecule has 3 N–H and O–H groups in total. The minimum Gasteiger partial charge on any atom is -0.394 e. The molecule has 5 nitrogen and oxygen atoms in total. The normalized spacial score (nSPS) is 10.4. The van der Waals surface area contributed by atoms with Gasteiger partial charge < -0.3 is 20.5 Å². The monoisotopic (exact) mass is 330 g/mol. The van der Waals surface area contributed by atoms with E-state index in [4.69, 9.17) is 9.84 Å². The van der Waals surface area contributed by atoms with Gasteiger partial charge in [-0.3, -0.25) is 4.79 Å². The molecule has 0 saturated heterocycles. The van der Waals surface area contributed by atoms with Crippen molar-refractivity contribution >= 4 is 27.5 Å². The largest absolute Gasteiger partial charge is 0.394 e. The van der Waals surface area contributed by atoms with E-state index in [1.807, 2.05) is 24.3 Å². The van der Waals surface area contributed by atoms with E-state index in [0.29, 0.717) is 19.8 Å². The number of carbonyl (C=O) groups excluding carboxylic acids is 1. The summed E-state index contributed by atoms with van der Waals surface area (Å²) in [6.07, 6.45) is 0.811. The first kappa shape index (κ1) is 16.1. The van der Waals surface area contributed by atoms with Gasteiger partial charge in [0, 0.05) is 16.8 Å². The second-order valence-electron chi connectivity index (χ2n) is 3.92. The molecule has 0 fully saturated rings. The quantitative estimate of drug-likeness (QED) is 0.598. The zero-order chi connectivity index (χ0) is 13.9.